The van der Waals surface area contributed by atoms with Crippen LogP contribution >= 0.6 is 34.9 Å². The van der Waals surface area contributed by atoms with Crippen molar-refractivity contribution in [2.75, 3.05) is 0 Å². The Bertz CT molecular complexity index is 533. The molecule has 0 N–H and O–H groups in total. The van der Waals surface area contributed by atoms with Gasteiger partial charge in [0.1, 0.15) is 3.14 Å². The lowest BCUT2D eigenvalue weighted by Crippen LogP contribution is -1.99. The van der Waals surface area contributed by atoms with E-state index in [1.165, 1.54) is 33.7 Å². The summed E-state index contributed by atoms with van der Waals surface area (Å²) in [7, 11) is 0. The molecule has 0 aliphatic heterocycles. The summed E-state index contributed by atoms with van der Waals surface area (Å²) in [6.07, 6.45) is 2.34. The van der Waals surface area contributed by atoms with E-state index in [2.05, 4.69) is 24.3 Å². The van der Waals surface area contributed by atoms with Gasteiger partial charge < -0.3 is 0 Å². The van der Waals surface area contributed by atoms with E-state index in [-0.39, 0.29) is 0 Å². The Balaban J connectivity index is 2.33. The molecule has 1 aromatic heterocycles. The van der Waals surface area contributed by atoms with Gasteiger partial charge in [-0.1, -0.05) is 36.5 Å². The Morgan fingerprint density at radius 1 is 1.07 bits per heavy atom. The van der Waals surface area contributed by atoms with Crippen LogP contribution in [-0.2, 0) is 12.8 Å². The molecule has 1 heterocycles. The maximum atomic E-state index is 5.25. The average molecular weight is 236 g/mol. The van der Waals surface area contributed by atoms with Crippen molar-refractivity contribution in [3.8, 4) is 10.4 Å². The van der Waals surface area contributed by atoms with Gasteiger partial charge in [-0.3, -0.25) is 0 Å². The second kappa shape index (κ2) is 3.26. The fourth-order valence-electron chi connectivity index (χ4n) is 1.89. The number of hydrogen-bond donors (Lipinski definition) is 0. The zero-order valence-electron chi connectivity index (χ0n) is 7.45. The molecule has 3 rings (SSSR count). The third-order valence-electron chi connectivity index (χ3n) is 2.53. The second-order valence-electron chi connectivity index (χ2n) is 3.36. The molecular weight excluding hydrogens is 228 g/mol. The zero-order valence-corrected chi connectivity index (χ0v) is 9.90. The summed E-state index contributed by atoms with van der Waals surface area (Å²) in [5, 5.41) is 0. The van der Waals surface area contributed by atoms with Gasteiger partial charge in [0.15, 0.2) is 0 Å². The predicted octanol–water partition coefficient (Wildman–Crippen LogP) is 4.30. The molecule has 2 aromatic rings. The number of hydrogen-bond acceptors (Lipinski definition) is 3. The highest BCUT2D eigenvalue weighted by Crippen LogP contribution is 2.40. The van der Waals surface area contributed by atoms with Crippen LogP contribution < -0.4 is 0 Å². The number of aryl methyl sites for hydroxylation is 2. The molecular formula is C11H8S3. The fourth-order valence-corrected chi connectivity index (χ4v) is 4.71. The maximum absolute atomic E-state index is 5.25. The molecule has 0 nitrogen and oxygen atoms in total. The third kappa shape index (κ3) is 1.28. The van der Waals surface area contributed by atoms with Crippen molar-refractivity contribution in [2.45, 2.75) is 12.8 Å². The van der Waals surface area contributed by atoms with Crippen LogP contribution in [0.1, 0.15) is 10.4 Å². The average Bonchev–Trinajstić information content (AvgIpc) is 2.59. The minimum Gasteiger partial charge on any atom is -0.117 e. The molecule has 70 valence electrons. The Morgan fingerprint density at radius 2 is 1.93 bits per heavy atom. The van der Waals surface area contributed by atoms with Crippen molar-refractivity contribution in [1.82, 2.24) is 0 Å². The Morgan fingerprint density at radius 3 is 2.86 bits per heavy atom. The first kappa shape index (κ1) is 8.77. The molecule has 1 aromatic carbocycles. The molecule has 0 spiro atoms. The molecule has 1 aliphatic rings. The van der Waals surface area contributed by atoms with Gasteiger partial charge in [0, 0.05) is 9.75 Å². The van der Waals surface area contributed by atoms with Crippen LogP contribution in [0.3, 0.4) is 0 Å². The monoisotopic (exact) mass is 236 g/mol. The molecule has 0 amide bonds. The van der Waals surface area contributed by atoms with Gasteiger partial charge in [-0.2, -0.15) is 0 Å². The topological polar surface area (TPSA) is 0 Å². The first-order valence-corrected chi connectivity index (χ1v) is 6.60. The van der Waals surface area contributed by atoms with Crippen LogP contribution in [0.5, 0.6) is 0 Å². The Hall–Kier alpha value is -0.510. The van der Waals surface area contributed by atoms with Gasteiger partial charge in [0.2, 0.25) is 0 Å². The van der Waals surface area contributed by atoms with Crippen LogP contribution in [0.4, 0.5) is 0 Å². The molecule has 14 heavy (non-hydrogen) atoms. The molecule has 0 unspecified atom stereocenters. The minimum absolute atomic E-state index is 1.06. The van der Waals surface area contributed by atoms with Gasteiger partial charge in [-0.25, -0.2) is 0 Å². The van der Waals surface area contributed by atoms with Gasteiger partial charge in [0.05, 0.1) is 0 Å². The minimum atomic E-state index is 1.06. The maximum Gasteiger partial charge on any atom is 0.144 e. The summed E-state index contributed by atoms with van der Waals surface area (Å²) in [6, 6.07) is 8.67. The van der Waals surface area contributed by atoms with Crippen molar-refractivity contribution in [3.05, 3.63) is 37.8 Å². The normalized spacial score (nSPS) is 13.4. The summed E-state index contributed by atoms with van der Waals surface area (Å²) in [4.78, 5) is 2.90. The van der Waals surface area contributed by atoms with Crippen molar-refractivity contribution < 1.29 is 0 Å². The molecule has 1 aliphatic carbocycles. The van der Waals surface area contributed by atoms with E-state index in [1.807, 2.05) is 0 Å². The van der Waals surface area contributed by atoms with Gasteiger partial charge in [-0.05, 0) is 24.0 Å². The lowest BCUT2D eigenvalue weighted by atomic mass is 9.95. The number of benzene rings is 1. The predicted molar refractivity (Wildman–Crippen MR) is 65.9 cm³/mol. The largest absolute Gasteiger partial charge is 0.144 e. The quantitative estimate of drug-likeness (QED) is 0.614. The van der Waals surface area contributed by atoms with Gasteiger partial charge in [0.25, 0.3) is 0 Å². The molecule has 0 fully saturated rings. The summed E-state index contributed by atoms with van der Waals surface area (Å²) in [5.74, 6) is 0. The Labute approximate surface area is 95.9 Å². The van der Waals surface area contributed by atoms with E-state index < -0.39 is 0 Å². The molecule has 0 atom stereocenters. The lowest BCUT2D eigenvalue weighted by molar-refractivity contribution is 0.967. The smallest absolute Gasteiger partial charge is 0.117 e. The summed E-state index contributed by atoms with van der Waals surface area (Å²) in [6.45, 7) is 0. The first-order chi connectivity index (χ1) is 6.84. The van der Waals surface area contributed by atoms with Crippen LogP contribution in [0, 0.1) is 3.14 Å². The lowest BCUT2D eigenvalue weighted by Gasteiger charge is -2.14. The van der Waals surface area contributed by atoms with Gasteiger partial charge >= 0.3 is 0 Å². The van der Waals surface area contributed by atoms with Crippen LogP contribution in [0.25, 0.3) is 10.4 Å². The highest BCUT2D eigenvalue weighted by molar-refractivity contribution is 7.76. The van der Waals surface area contributed by atoms with E-state index in [9.17, 15) is 0 Å². The summed E-state index contributed by atoms with van der Waals surface area (Å²) < 4.78 is 1.06. The molecule has 0 radical (unpaired) electrons. The first-order valence-electron chi connectivity index (χ1n) is 4.56. The van der Waals surface area contributed by atoms with E-state index in [0.29, 0.717) is 0 Å². The van der Waals surface area contributed by atoms with Crippen molar-refractivity contribution in [1.29, 1.82) is 0 Å². The van der Waals surface area contributed by atoms with Crippen LogP contribution in [0.15, 0.2) is 24.3 Å². The summed E-state index contributed by atoms with van der Waals surface area (Å²) in [5.41, 5.74) is 2.88. The second-order valence-corrected chi connectivity index (χ2v) is 6.67. The number of rotatable bonds is 0. The molecule has 0 saturated carbocycles. The molecule has 3 heteroatoms. The van der Waals surface area contributed by atoms with Crippen LogP contribution in [-0.4, -0.2) is 0 Å². The molecule has 0 bridgehead atoms. The highest BCUT2D eigenvalue weighted by atomic mass is 32.2. The van der Waals surface area contributed by atoms with Crippen LogP contribution in [0.2, 0.25) is 0 Å². The zero-order chi connectivity index (χ0) is 9.54. The standard InChI is InChI=1S/C11H8S3/c12-11-13-9-6-5-7-3-1-2-4-8(7)10(9)14-11/h1-4H,5-6H2. The molecule has 0 saturated heterocycles. The van der Waals surface area contributed by atoms with Crippen molar-refractivity contribution >= 4 is 34.9 Å². The highest BCUT2D eigenvalue weighted by Gasteiger charge is 2.17. The van der Waals surface area contributed by atoms with Crippen molar-refractivity contribution in [2.24, 2.45) is 0 Å². The number of fused-ring (bicyclic) bond motifs is 3. The van der Waals surface area contributed by atoms with Crippen molar-refractivity contribution in [3.63, 3.8) is 0 Å². The third-order valence-corrected chi connectivity index (χ3v) is 5.32. The SMILES string of the molecule is S=c1sc2c(s1)-c1ccccc1CC2. The Kier molecular flexibility index (Phi) is 2.04. The van der Waals surface area contributed by atoms with E-state index in [4.69, 9.17) is 12.2 Å². The summed E-state index contributed by atoms with van der Waals surface area (Å²) >= 11 is 8.80. The van der Waals surface area contributed by atoms with E-state index in [0.717, 1.165) is 3.14 Å². The van der Waals surface area contributed by atoms with Gasteiger partial charge in [-0.15, -0.1) is 22.7 Å². The van der Waals surface area contributed by atoms with E-state index >= 15 is 0 Å². The van der Waals surface area contributed by atoms with E-state index in [1.54, 1.807) is 22.7 Å². The fraction of sp³-hybridized carbons (Fsp3) is 0.182.